The molecule has 2 aromatic rings. The first kappa shape index (κ1) is 14.4. The molecule has 0 radical (unpaired) electrons. The van der Waals surface area contributed by atoms with Gasteiger partial charge in [-0.2, -0.15) is 0 Å². The highest BCUT2D eigenvalue weighted by Gasteiger charge is 2.27. The van der Waals surface area contributed by atoms with Crippen molar-refractivity contribution in [3.8, 4) is 0 Å². The summed E-state index contributed by atoms with van der Waals surface area (Å²) in [6.45, 7) is 6.76. The van der Waals surface area contributed by atoms with Crippen LogP contribution in [0.2, 0.25) is 0 Å². The standard InChI is InChI=1S/C17H24N4S/c1-2-14-11-15-16(18-12-19-17(15)22-14)21-9-7-20(8-10-21)13-5-3-4-6-13/h11-13H,2-10H2,1H3. The zero-order chi connectivity index (χ0) is 14.9. The number of anilines is 1. The van der Waals surface area contributed by atoms with Crippen molar-refractivity contribution in [2.24, 2.45) is 0 Å². The molecule has 5 heteroatoms. The van der Waals surface area contributed by atoms with Gasteiger partial charge in [-0.25, -0.2) is 9.97 Å². The van der Waals surface area contributed by atoms with Gasteiger partial charge in [-0.15, -0.1) is 11.3 Å². The van der Waals surface area contributed by atoms with E-state index in [1.807, 2.05) is 11.3 Å². The van der Waals surface area contributed by atoms with Crippen LogP contribution in [0.5, 0.6) is 0 Å². The Hall–Kier alpha value is -1.20. The quantitative estimate of drug-likeness (QED) is 0.869. The van der Waals surface area contributed by atoms with E-state index in [0.717, 1.165) is 36.2 Å². The highest BCUT2D eigenvalue weighted by molar-refractivity contribution is 7.18. The zero-order valence-corrected chi connectivity index (χ0v) is 14.1. The van der Waals surface area contributed by atoms with E-state index in [9.17, 15) is 0 Å². The van der Waals surface area contributed by atoms with Gasteiger partial charge in [-0.1, -0.05) is 19.8 Å². The minimum Gasteiger partial charge on any atom is -0.353 e. The minimum absolute atomic E-state index is 0.848. The summed E-state index contributed by atoms with van der Waals surface area (Å²) in [5.41, 5.74) is 0. The number of fused-ring (bicyclic) bond motifs is 1. The van der Waals surface area contributed by atoms with E-state index >= 15 is 0 Å². The summed E-state index contributed by atoms with van der Waals surface area (Å²) in [6, 6.07) is 3.14. The van der Waals surface area contributed by atoms with E-state index < -0.39 is 0 Å². The van der Waals surface area contributed by atoms with Crippen LogP contribution < -0.4 is 4.90 Å². The molecule has 118 valence electrons. The predicted molar refractivity (Wildman–Crippen MR) is 92.8 cm³/mol. The molecule has 1 saturated heterocycles. The molecule has 0 aromatic carbocycles. The van der Waals surface area contributed by atoms with Crippen LogP contribution >= 0.6 is 11.3 Å². The monoisotopic (exact) mass is 316 g/mol. The Morgan fingerprint density at radius 1 is 1.14 bits per heavy atom. The topological polar surface area (TPSA) is 32.3 Å². The van der Waals surface area contributed by atoms with E-state index in [2.05, 4.69) is 32.8 Å². The molecule has 3 heterocycles. The molecule has 0 N–H and O–H groups in total. The molecule has 0 unspecified atom stereocenters. The van der Waals surface area contributed by atoms with E-state index in [0.29, 0.717) is 0 Å². The molecule has 1 saturated carbocycles. The van der Waals surface area contributed by atoms with Gasteiger partial charge in [0.2, 0.25) is 0 Å². The first-order chi connectivity index (χ1) is 10.8. The van der Waals surface area contributed by atoms with Gasteiger partial charge in [0.25, 0.3) is 0 Å². The number of rotatable bonds is 3. The second-order valence-electron chi connectivity index (χ2n) is 6.44. The first-order valence-electron chi connectivity index (χ1n) is 8.57. The van der Waals surface area contributed by atoms with Crippen molar-refractivity contribution in [2.75, 3.05) is 31.1 Å². The molecule has 0 atom stereocenters. The summed E-state index contributed by atoms with van der Waals surface area (Å²) in [4.78, 5) is 16.8. The van der Waals surface area contributed by atoms with Crippen molar-refractivity contribution in [1.29, 1.82) is 0 Å². The number of nitrogens with zero attached hydrogens (tertiary/aromatic N) is 4. The fourth-order valence-corrected chi connectivity index (χ4v) is 4.82. The van der Waals surface area contributed by atoms with Crippen LogP contribution in [0.25, 0.3) is 10.2 Å². The van der Waals surface area contributed by atoms with Gasteiger partial charge in [-0.05, 0) is 25.3 Å². The molecule has 0 bridgehead atoms. The van der Waals surface area contributed by atoms with Crippen LogP contribution in [0.1, 0.15) is 37.5 Å². The van der Waals surface area contributed by atoms with Gasteiger partial charge in [-0.3, -0.25) is 4.90 Å². The molecule has 4 rings (SSSR count). The average Bonchev–Trinajstić information content (AvgIpc) is 3.23. The van der Waals surface area contributed by atoms with Gasteiger partial charge in [0, 0.05) is 37.1 Å². The SMILES string of the molecule is CCc1cc2c(N3CCN(C4CCCC4)CC3)ncnc2s1. The molecule has 22 heavy (non-hydrogen) atoms. The maximum Gasteiger partial charge on any atom is 0.140 e. The van der Waals surface area contributed by atoms with Gasteiger partial charge in [0.05, 0.1) is 5.39 Å². The van der Waals surface area contributed by atoms with Crippen molar-refractivity contribution in [1.82, 2.24) is 14.9 Å². The fourth-order valence-electron chi connectivity index (χ4n) is 3.89. The maximum absolute atomic E-state index is 4.60. The van der Waals surface area contributed by atoms with E-state index in [1.165, 1.54) is 49.0 Å². The van der Waals surface area contributed by atoms with Crippen molar-refractivity contribution >= 4 is 27.4 Å². The van der Waals surface area contributed by atoms with Gasteiger partial charge in [0.15, 0.2) is 0 Å². The molecule has 1 aliphatic heterocycles. The zero-order valence-electron chi connectivity index (χ0n) is 13.3. The van der Waals surface area contributed by atoms with E-state index in [1.54, 1.807) is 6.33 Å². The van der Waals surface area contributed by atoms with E-state index in [4.69, 9.17) is 0 Å². The third-order valence-electron chi connectivity index (χ3n) is 5.16. The molecular formula is C17H24N4S. The summed E-state index contributed by atoms with van der Waals surface area (Å²) in [5.74, 6) is 1.15. The third kappa shape index (κ3) is 2.61. The number of thiophene rings is 1. The van der Waals surface area contributed by atoms with Crippen molar-refractivity contribution in [2.45, 2.75) is 45.1 Å². The van der Waals surface area contributed by atoms with Crippen LogP contribution in [0, 0.1) is 0 Å². The molecule has 2 aliphatic rings. The highest BCUT2D eigenvalue weighted by atomic mass is 32.1. The lowest BCUT2D eigenvalue weighted by atomic mass is 10.1. The summed E-state index contributed by atoms with van der Waals surface area (Å²) in [6.07, 6.45) is 8.47. The summed E-state index contributed by atoms with van der Waals surface area (Å²) in [5, 5.41) is 1.25. The molecule has 2 fully saturated rings. The fraction of sp³-hybridized carbons (Fsp3) is 0.647. The molecule has 2 aromatic heterocycles. The predicted octanol–water partition coefficient (Wildman–Crippen LogP) is 3.32. The summed E-state index contributed by atoms with van der Waals surface area (Å²) in [7, 11) is 0. The van der Waals surface area contributed by atoms with Gasteiger partial charge in [0.1, 0.15) is 17.0 Å². The minimum atomic E-state index is 0.848. The molecule has 0 amide bonds. The second kappa shape index (κ2) is 6.13. The second-order valence-corrected chi connectivity index (χ2v) is 7.56. The Labute approximate surface area is 136 Å². The number of aryl methyl sites for hydroxylation is 1. The Morgan fingerprint density at radius 3 is 2.64 bits per heavy atom. The Balaban J connectivity index is 1.52. The van der Waals surface area contributed by atoms with Crippen molar-refractivity contribution in [3.05, 3.63) is 17.3 Å². The normalized spacial score (nSPS) is 21.0. The number of hydrogen-bond donors (Lipinski definition) is 0. The molecule has 4 nitrogen and oxygen atoms in total. The molecular weight excluding hydrogens is 292 g/mol. The molecule has 1 aliphatic carbocycles. The van der Waals surface area contributed by atoms with Crippen LogP contribution in [0.3, 0.4) is 0 Å². The Morgan fingerprint density at radius 2 is 1.91 bits per heavy atom. The van der Waals surface area contributed by atoms with Crippen molar-refractivity contribution in [3.63, 3.8) is 0 Å². The first-order valence-corrected chi connectivity index (χ1v) is 9.39. The summed E-state index contributed by atoms with van der Waals surface area (Å²) >= 11 is 1.81. The smallest absolute Gasteiger partial charge is 0.140 e. The van der Waals surface area contributed by atoms with Crippen LogP contribution in [-0.4, -0.2) is 47.1 Å². The van der Waals surface area contributed by atoms with Crippen LogP contribution in [0.4, 0.5) is 5.82 Å². The highest BCUT2D eigenvalue weighted by Crippen LogP contribution is 2.31. The third-order valence-corrected chi connectivity index (χ3v) is 6.35. The Bertz CT molecular complexity index is 639. The lowest BCUT2D eigenvalue weighted by Crippen LogP contribution is -2.50. The molecule has 0 spiro atoms. The van der Waals surface area contributed by atoms with E-state index in [-0.39, 0.29) is 0 Å². The Kier molecular flexibility index (Phi) is 4.01. The number of aromatic nitrogens is 2. The average molecular weight is 316 g/mol. The van der Waals surface area contributed by atoms with Gasteiger partial charge >= 0.3 is 0 Å². The summed E-state index contributed by atoms with van der Waals surface area (Å²) < 4.78 is 0. The van der Waals surface area contributed by atoms with Gasteiger partial charge < -0.3 is 4.90 Å². The van der Waals surface area contributed by atoms with Crippen LogP contribution in [0.15, 0.2) is 12.4 Å². The largest absolute Gasteiger partial charge is 0.353 e. The number of piperazine rings is 1. The number of hydrogen-bond acceptors (Lipinski definition) is 5. The van der Waals surface area contributed by atoms with Crippen molar-refractivity contribution < 1.29 is 0 Å². The maximum atomic E-state index is 4.60. The lowest BCUT2D eigenvalue weighted by Gasteiger charge is -2.38. The van der Waals surface area contributed by atoms with Crippen LogP contribution in [-0.2, 0) is 6.42 Å². The lowest BCUT2D eigenvalue weighted by molar-refractivity contribution is 0.187.